The largest absolute Gasteiger partial charge is 0.354 e. The summed E-state index contributed by atoms with van der Waals surface area (Å²) >= 11 is 0. The zero-order valence-electron chi connectivity index (χ0n) is 14.1. The van der Waals surface area contributed by atoms with Crippen molar-refractivity contribution in [3.05, 3.63) is 60.3 Å². The van der Waals surface area contributed by atoms with Crippen molar-refractivity contribution in [3.8, 4) is 0 Å². The molecular formula is C19H22N4O. The fourth-order valence-electron chi connectivity index (χ4n) is 2.87. The number of rotatable bonds is 6. The van der Waals surface area contributed by atoms with Crippen molar-refractivity contribution in [1.82, 2.24) is 19.9 Å². The molecular weight excluding hydrogens is 300 g/mol. The number of nitrogens with one attached hydrogen (secondary N) is 1. The summed E-state index contributed by atoms with van der Waals surface area (Å²) in [7, 11) is 0. The molecule has 1 amide bonds. The molecule has 0 aliphatic rings. The van der Waals surface area contributed by atoms with E-state index in [1.54, 1.807) is 12.4 Å². The second-order valence-corrected chi connectivity index (χ2v) is 6.16. The summed E-state index contributed by atoms with van der Waals surface area (Å²) in [6.07, 6.45) is 6.16. The third kappa shape index (κ3) is 3.62. The van der Waals surface area contributed by atoms with Gasteiger partial charge < -0.3 is 9.88 Å². The van der Waals surface area contributed by atoms with Gasteiger partial charge in [0.15, 0.2) is 0 Å². The minimum absolute atomic E-state index is 0.00287. The van der Waals surface area contributed by atoms with Crippen LogP contribution >= 0.6 is 0 Å². The average Bonchev–Trinajstić information content (AvgIpc) is 3.03. The standard InChI is InChI=1S/C19H22N4O/c1-14(2)19-22-11-12-23(19)13-17(24)20-10-8-16-6-3-5-15-7-4-9-21-18(15)16/h3-7,9,11-12,14H,8,10,13H2,1-2H3,(H,20,24). The van der Waals surface area contributed by atoms with E-state index in [2.05, 4.69) is 47.3 Å². The van der Waals surface area contributed by atoms with E-state index in [1.165, 1.54) is 0 Å². The molecule has 5 nitrogen and oxygen atoms in total. The normalized spacial score (nSPS) is 11.1. The number of aromatic nitrogens is 3. The van der Waals surface area contributed by atoms with E-state index in [4.69, 9.17) is 0 Å². The molecule has 0 aliphatic heterocycles. The summed E-state index contributed by atoms with van der Waals surface area (Å²) in [5.41, 5.74) is 2.16. The smallest absolute Gasteiger partial charge is 0.239 e. The number of para-hydroxylation sites is 1. The van der Waals surface area contributed by atoms with Gasteiger partial charge in [-0.25, -0.2) is 4.98 Å². The van der Waals surface area contributed by atoms with Crippen LogP contribution in [-0.4, -0.2) is 27.0 Å². The van der Waals surface area contributed by atoms with Crippen LogP contribution in [0.25, 0.3) is 10.9 Å². The minimum Gasteiger partial charge on any atom is -0.354 e. The number of carbonyl (C=O) groups excluding carboxylic acids is 1. The Hall–Kier alpha value is -2.69. The van der Waals surface area contributed by atoms with Crippen LogP contribution in [0.5, 0.6) is 0 Å². The fourth-order valence-corrected chi connectivity index (χ4v) is 2.87. The van der Waals surface area contributed by atoms with Gasteiger partial charge in [0, 0.05) is 36.4 Å². The van der Waals surface area contributed by atoms with Crippen molar-refractivity contribution in [3.63, 3.8) is 0 Å². The van der Waals surface area contributed by atoms with Gasteiger partial charge >= 0.3 is 0 Å². The Morgan fingerprint density at radius 1 is 1.17 bits per heavy atom. The summed E-state index contributed by atoms with van der Waals surface area (Å²) in [5, 5.41) is 4.11. The predicted octanol–water partition coefficient (Wildman–Crippen LogP) is 2.91. The Balaban J connectivity index is 1.58. The molecule has 2 heterocycles. The van der Waals surface area contributed by atoms with E-state index in [1.807, 2.05) is 22.9 Å². The molecule has 124 valence electrons. The lowest BCUT2D eigenvalue weighted by Gasteiger charge is -2.11. The first-order chi connectivity index (χ1) is 11.6. The first-order valence-corrected chi connectivity index (χ1v) is 8.25. The van der Waals surface area contributed by atoms with Gasteiger partial charge in [-0.1, -0.05) is 38.1 Å². The van der Waals surface area contributed by atoms with Crippen LogP contribution in [0.2, 0.25) is 0 Å². The van der Waals surface area contributed by atoms with Crippen LogP contribution in [0.15, 0.2) is 48.9 Å². The number of pyridine rings is 1. The van der Waals surface area contributed by atoms with E-state index in [0.29, 0.717) is 19.0 Å². The molecule has 3 aromatic rings. The lowest BCUT2D eigenvalue weighted by Crippen LogP contribution is -2.30. The number of imidazole rings is 1. The second-order valence-electron chi connectivity index (χ2n) is 6.16. The highest BCUT2D eigenvalue weighted by atomic mass is 16.1. The molecule has 0 saturated carbocycles. The van der Waals surface area contributed by atoms with Gasteiger partial charge in [-0.2, -0.15) is 0 Å². The van der Waals surface area contributed by atoms with E-state index >= 15 is 0 Å². The number of benzene rings is 1. The predicted molar refractivity (Wildman–Crippen MR) is 94.8 cm³/mol. The molecule has 0 spiro atoms. The van der Waals surface area contributed by atoms with E-state index < -0.39 is 0 Å². The summed E-state index contributed by atoms with van der Waals surface area (Å²) in [4.78, 5) is 20.9. The van der Waals surface area contributed by atoms with Crippen molar-refractivity contribution < 1.29 is 4.79 Å². The van der Waals surface area contributed by atoms with Gasteiger partial charge in [-0.05, 0) is 18.1 Å². The molecule has 0 aliphatic carbocycles. The zero-order valence-corrected chi connectivity index (χ0v) is 14.1. The second kappa shape index (κ2) is 7.25. The maximum absolute atomic E-state index is 12.2. The van der Waals surface area contributed by atoms with Crippen LogP contribution in [0.1, 0.15) is 31.2 Å². The van der Waals surface area contributed by atoms with Crippen molar-refractivity contribution >= 4 is 16.8 Å². The van der Waals surface area contributed by atoms with Crippen molar-refractivity contribution in [2.75, 3.05) is 6.54 Å². The third-order valence-corrected chi connectivity index (χ3v) is 4.01. The van der Waals surface area contributed by atoms with Gasteiger partial charge in [0.2, 0.25) is 5.91 Å². The zero-order chi connectivity index (χ0) is 16.9. The monoisotopic (exact) mass is 322 g/mol. The molecule has 0 fully saturated rings. The van der Waals surface area contributed by atoms with Crippen molar-refractivity contribution in [2.45, 2.75) is 32.7 Å². The van der Waals surface area contributed by atoms with Crippen LogP contribution < -0.4 is 5.32 Å². The molecule has 0 atom stereocenters. The maximum atomic E-state index is 12.2. The van der Waals surface area contributed by atoms with Gasteiger partial charge in [0.1, 0.15) is 12.4 Å². The highest BCUT2D eigenvalue weighted by Gasteiger charge is 2.10. The van der Waals surface area contributed by atoms with Crippen LogP contribution in [0.3, 0.4) is 0 Å². The Kier molecular flexibility index (Phi) is 4.89. The van der Waals surface area contributed by atoms with E-state index in [-0.39, 0.29) is 5.91 Å². The lowest BCUT2D eigenvalue weighted by molar-refractivity contribution is -0.121. The van der Waals surface area contributed by atoms with Crippen molar-refractivity contribution in [1.29, 1.82) is 0 Å². The molecule has 1 aromatic carbocycles. The number of fused-ring (bicyclic) bond motifs is 1. The first-order valence-electron chi connectivity index (χ1n) is 8.25. The molecule has 2 aromatic heterocycles. The fraction of sp³-hybridized carbons (Fsp3) is 0.316. The lowest BCUT2D eigenvalue weighted by atomic mass is 10.1. The number of nitrogens with zero attached hydrogens (tertiary/aromatic N) is 3. The molecule has 5 heteroatoms. The topological polar surface area (TPSA) is 59.8 Å². The Bertz CT molecular complexity index is 833. The number of carbonyl (C=O) groups is 1. The quantitative estimate of drug-likeness (QED) is 0.759. The van der Waals surface area contributed by atoms with Gasteiger partial charge in [-0.15, -0.1) is 0 Å². The number of amides is 1. The molecule has 24 heavy (non-hydrogen) atoms. The van der Waals surface area contributed by atoms with Gasteiger partial charge in [-0.3, -0.25) is 9.78 Å². The van der Waals surface area contributed by atoms with Crippen molar-refractivity contribution in [2.24, 2.45) is 0 Å². The average molecular weight is 322 g/mol. The molecule has 0 saturated heterocycles. The summed E-state index contributed by atoms with van der Waals surface area (Å²) in [6, 6.07) is 10.1. The van der Waals surface area contributed by atoms with Crippen LogP contribution in [-0.2, 0) is 17.8 Å². The number of hydrogen-bond acceptors (Lipinski definition) is 3. The molecule has 3 rings (SSSR count). The minimum atomic E-state index is 0.00287. The molecule has 0 radical (unpaired) electrons. The number of hydrogen-bond donors (Lipinski definition) is 1. The van der Waals surface area contributed by atoms with Gasteiger partial charge in [0.05, 0.1) is 5.52 Å². The summed E-state index contributed by atoms with van der Waals surface area (Å²) < 4.78 is 1.90. The van der Waals surface area contributed by atoms with E-state index in [0.717, 1.165) is 28.7 Å². The summed E-state index contributed by atoms with van der Waals surface area (Å²) in [5.74, 6) is 1.24. The van der Waals surface area contributed by atoms with Gasteiger partial charge in [0.25, 0.3) is 0 Å². The van der Waals surface area contributed by atoms with E-state index in [9.17, 15) is 4.79 Å². The Morgan fingerprint density at radius 2 is 2.00 bits per heavy atom. The molecule has 0 unspecified atom stereocenters. The molecule has 1 N–H and O–H groups in total. The SMILES string of the molecule is CC(C)c1nccn1CC(=O)NCCc1cccc2cccnc12. The third-order valence-electron chi connectivity index (χ3n) is 4.01. The first kappa shape index (κ1) is 16.2. The highest BCUT2D eigenvalue weighted by Crippen LogP contribution is 2.16. The Morgan fingerprint density at radius 3 is 2.83 bits per heavy atom. The molecule has 0 bridgehead atoms. The Labute approximate surface area is 141 Å². The highest BCUT2D eigenvalue weighted by molar-refractivity contribution is 5.81. The summed E-state index contributed by atoms with van der Waals surface area (Å²) in [6.45, 7) is 5.05. The maximum Gasteiger partial charge on any atom is 0.239 e. The van der Waals surface area contributed by atoms with Crippen LogP contribution in [0.4, 0.5) is 0 Å². The van der Waals surface area contributed by atoms with Crippen LogP contribution in [0, 0.1) is 0 Å².